The quantitative estimate of drug-likeness (QED) is 0.452. The molecule has 1 aromatic carbocycles. The molecule has 0 radical (unpaired) electrons. The summed E-state index contributed by atoms with van der Waals surface area (Å²) < 4.78 is 19.8. The van der Waals surface area contributed by atoms with Gasteiger partial charge in [-0.25, -0.2) is 9.18 Å². The van der Waals surface area contributed by atoms with Crippen molar-refractivity contribution in [3.8, 4) is 0 Å². The molecule has 2 N–H and O–H groups in total. The zero-order chi connectivity index (χ0) is 21.1. The van der Waals surface area contributed by atoms with Gasteiger partial charge in [0, 0.05) is 4.88 Å². The second kappa shape index (κ2) is 8.71. The van der Waals surface area contributed by atoms with Gasteiger partial charge in [0.1, 0.15) is 10.8 Å². The van der Waals surface area contributed by atoms with Crippen LogP contribution in [0.4, 0.5) is 15.1 Å². The molecule has 0 spiro atoms. The molecule has 9 heteroatoms. The van der Waals surface area contributed by atoms with E-state index >= 15 is 0 Å². The van der Waals surface area contributed by atoms with Gasteiger partial charge in [-0.05, 0) is 56.8 Å². The van der Waals surface area contributed by atoms with E-state index in [-0.39, 0.29) is 5.82 Å². The Morgan fingerprint density at radius 1 is 1.24 bits per heavy atom. The number of aromatic nitrogens is 2. The lowest BCUT2D eigenvalue weighted by atomic mass is 10.2. The smallest absolute Gasteiger partial charge is 0.340 e. The van der Waals surface area contributed by atoms with E-state index < -0.39 is 5.97 Å². The molecule has 6 nitrogen and oxygen atoms in total. The summed E-state index contributed by atoms with van der Waals surface area (Å²) in [5.41, 5.74) is 3.86. The van der Waals surface area contributed by atoms with Crippen molar-refractivity contribution in [2.45, 2.75) is 27.3 Å². The molecular weight excluding hydrogens is 411 g/mol. The molecule has 0 saturated heterocycles. The number of nitrogens with zero attached hydrogens (tertiary/aromatic N) is 2. The van der Waals surface area contributed by atoms with Crippen LogP contribution >= 0.6 is 23.6 Å². The van der Waals surface area contributed by atoms with Gasteiger partial charge in [0.05, 0.1) is 36.3 Å². The number of thiophene rings is 1. The molecule has 0 fully saturated rings. The third kappa shape index (κ3) is 4.80. The van der Waals surface area contributed by atoms with E-state index in [4.69, 9.17) is 17.0 Å². The van der Waals surface area contributed by atoms with Crippen molar-refractivity contribution in [2.24, 2.45) is 0 Å². The average Bonchev–Trinajstić information content (AvgIpc) is 3.17. The number of halogens is 1. The SMILES string of the molecule is COC(=O)c1cc(C)sc1NC(=S)Nc1c(C)nn(Cc2ccc(F)cc2)c1C. The number of methoxy groups -OCH3 is 1. The number of nitrogens with one attached hydrogen (secondary N) is 2. The maximum atomic E-state index is 13.1. The Morgan fingerprint density at radius 2 is 1.93 bits per heavy atom. The summed E-state index contributed by atoms with van der Waals surface area (Å²) in [4.78, 5) is 12.9. The number of benzene rings is 1. The van der Waals surface area contributed by atoms with Gasteiger partial charge in [-0.15, -0.1) is 11.3 Å². The first kappa shape index (κ1) is 20.9. The van der Waals surface area contributed by atoms with Crippen LogP contribution in [0.2, 0.25) is 0 Å². The van der Waals surface area contributed by atoms with Crippen LogP contribution in [-0.4, -0.2) is 28.0 Å². The minimum Gasteiger partial charge on any atom is -0.465 e. The fourth-order valence-corrected chi connectivity index (χ4v) is 4.08. The van der Waals surface area contributed by atoms with E-state index in [2.05, 4.69) is 15.7 Å². The summed E-state index contributed by atoms with van der Waals surface area (Å²) in [7, 11) is 1.35. The first-order chi connectivity index (χ1) is 13.8. The van der Waals surface area contributed by atoms with Gasteiger partial charge >= 0.3 is 5.97 Å². The summed E-state index contributed by atoms with van der Waals surface area (Å²) in [5, 5.41) is 11.8. The Balaban J connectivity index is 1.75. The fraction of sp³-hybridized carbons (Fsp3) is 0.250. The van der Waals surface area contributed by atoms with Gasteiger partial charge in [-0.1, -0.05) is 12.1 Å². The van der Waals surface area contributed by atoms with Gasteiger partial charge in [-0.3, -0.25) is 4.68 Å². The van der Waals surface area contributed by atoms with E-state index in [0.29, 0.717) is 22.2 Å². The highest BCUT2D eigenvalue weighted by Gasteiger charge is 2.18. The number of aryl methyl sites for hydroxylation is 2. The van der Waals surface area contributed by atoms with Gasteiger partial charge in [0.25, 0.3) is 0 Å². The minimum absolute atomic E-state index is 0.268. The van der Waals surface area contributed by atoms with Crippen LogP contribution in [0.5, 0.6) is 0 Å². The van der Waals surface area contributed by atoms with Gasteiger partial charge in [-0.2, -0.15) is 5.10 Å². The predicted molar refractivity (Wildman–Crippen MR) is 117 cm³/mol. The van der Waals surface area contributed by atoms with E-state index in [1.165, 1.54) is 30.6 Å². The number of thiocarbonyl (C=S) groups is 1. The molecular formula is C20H21FN4O2S2. The highest BCUT2D eigenvalue weighted by atomic mass is 32.1. The highest BCUT2D eigenvalue weighted by Crippen LogP contribution is 2.29. The number of hydrogen-bond donors (Lipinski definition) is 2. The molecule has 0 aliphatic rings. The largest absolute Gasteiger partial charge is 0.465 e. The predicted octanol–water partition coefficient (Wildman–Crippen LogP) is 4.65. The second-order valence-electron chi connectivity index (χ2n) is 6.50. The van der Waals surface area contributed by atoms with E-state index in [1.54, 1.807) is 18.2 Å². The lowest BCUT2D eigenvalue weighted by Gasteiger charge is -2.11. The number of esters is 1. The molecule has 29 heavy (non-hydrogen) atoms. The molecule has 0 aliphatic carbocycles. The first-order valence-corrected chi connectivity index (χ1v) is 10.1. The molecule has 0 saturated carbocycles. The zero-order valence-electron chi connectivity index (χ0n) is 16.5. The average molecular weight is 433 g/mol. The summed E-state index contributed by atoms with van der Waals surface area (Å²) >= 11 is 6.86. The second-order valence-corrected chi connectivity index (χ2v) is 8.17. The van der Waals surface area contributed by atoms with Gasteiger partial charge in [0.2, 0.25) is 0 Å². The summed E-state index contributed by atoms with van der Waals surface area (Å²) in [5.74, 6) is -0.685. The molecule has 3 rings (SSSR count). The molecule has 0 aliphatic heterocycles. The third-order valence-electron chi connectivity index (χ3n) is 4.35. The lowest BCUT2D eigenvalue weighted by molar-refractivity contribution is 0.0602. The van der Waals surface area contributed by atoms with Crippen LogP contribution < -0.4 is 10.6 Å². The molecule has 0 bridgehead atoms. The van der Waals surface area contributed by atoms with Gasteiger partial charge < -0.3 is 15.4 Å². The number of carbonyl (C=O) groups excluding carboxylic acids is 1. The van der Waals surface area contributed by atoms with Crippen LogP contribution in [-0.2, 0) is 11.3 Å². The minimum atomic E-state index is -0.417. The standard InChI is InChI=1S/C20H21FN4O2S2/c1-11-9-16(19(26)27-4)18(29-11)23-20(28)22-17-12(2)24-25(13(17)3)10-14-5-7-15(21)8-6-14/h5-9H,10H2,1-4H3,(H2,22,23,28). The molecule has 3 aromatic rings. The van der Waals surface area contributed by atoms with Crippen LogP contribution in [0, 0.1) is 26.6 Å². The summed E-state index contributed by atoms with van der Waals surface area (Å²) in [6, 6.07) is 8.10. The Labute approximate surface area is 177 Å². The summed E-state index contributed by atoms with van der Waals surface area (Å²) in [6.07, 6.45) is 0. The number of ether oxygens (including phenoxy) is 1. The maximum Gasteiger partial charge on any atom is 0.340 e. The lowest BCUT2D eigenvalue weighted by Crippen LogP contribution is -2.20. The zero-order valence-corrected chi connectivity index (χ0v) is 18.1. The maximum absolute atomic E-state index is 13.1. The van der Waals surface area contributed by atoms with E-state index in [0.717, 1.165) is 27.5 Å². The fourth-order valence-electron chi connectivity index (χ4n) is 2.91. The Bertz CT molecular complexity index is 1060. The van der Waals surface area contributed by atoms with Gasteiger partial charge in [0.15, 0.2) is 5.11 Å². The van der Waals surface area contributed by atoms with E-state index in [1.807, 2.05) is 25.5 Å². The van der Waals surface area contributed by atoms with Crippen LogP contribution in [0.25, 0.3) is 0 Å². The Hall–Kier alpha value is -2.78. The number of carbonyl (C=O) groups is 1. The normalized spacial score (nSPS) is 10.7. The number of hydrogen-bond acceptors (Lipinski definition) is 5. The highest BCUT2D eigenvalue weighted by molar-refractivity contribution is 7.80. The number of anilines is 2. The molecule has 0 unspecified atom stereocenters. The van der Waals surface area contributed by atoms with Crippen molar-refractivity contribution in [2.75, 3.05) is 17.7 Å². The topological polar surface area (TPSA) is 68.2 Å². The van der Waals surface area contributed by atoms with Crippen molar-refractivity contribution >= 4 is 45.3 Å². The van der Waals surface area contributed by atoms with Crippen molar-refractivity contribution < 1.29 is 13.9 Å². The van der Waals surface area contributed by atoms with Crippen molar-refractivity contribution in [3.05, 3.63) is 63.5 Å². The molecule has 0 amide bonds. The van der Waals surface area contributed by atoms with Crippen LogP contribution in [0.1, 0.15) is 32.2 Å². The molecule has 0 atom stereocenters. The molecule has 2 aromatic heterocycles. The van der Waals surface area contributed by atoms with Crippen LogP contribution in [0.3, 0.4) is 0 Å². The monoisotopic (exact) mass is 432 g/mol. The first-order valence-electron chi connectivity index (χ1n) is 8.83. The third-order valence-corrected chi connectivity index (χ3v) is 5.52. The summed E-state index contributed by atoms with van der Waals surface area (Å²) in [6.45, 7) is 6.25. The Morgan fingerprint density at radius 3 is 2.59 bits per heavy atom. The van der Waals surface area contributed by atoms with Crippen molar-refractivity contribution in [1.82, 2.24) is 9.78 Å². The van der Waals surface area contributed by atoms with Crippen molar-refractivity contribution in [1.29, 1.82) is 0 Å². The van der Waals surface area contributed by atoms with Crippen molar-refractivity contribution in [3.63, 3.8) is 0 Å². The van der Waals surface area contributed by atoms with Crippen LogP contribution in [0.15, 0.2) is 30.3 Å². The Kier molecular flexibility index (Phi) is 6.29. The number of rotatable bonds is 5. The van der Waals surface area contributed by atoms with E-state index in [9.17, 15) is 9.18 Å². The molecule has 2 heterocycles. The molecule has 152 valence electrons.